The average molecular weight is 450 g/mol. The molecule has 2 heterocycles. The second kappa shape index (κ2) is 9.33. The molecule has 33 heavy (non-hydrogen) atoms. The topological polar surface area (TPSA) is 118 Å². The number of ether oxygens (including phenoxy) is 2. The normalized spacial score (nSPS) is 14.3. The predicted molar refractivity (Wildman–Crippen MR) is 124 cm³/mol. The van der Waals surface area contributed by atoms with Gasteiger partial charge in [0.15, 0.2) is 0 Å². The Morgan fingerprint density at radius 1 is 1.03 bits per heavy atom. The summed E-state index contributed by atoms with van der Waals surface area (Å²) in [4.78, 5) is 44.7. The third-order valence-corrected chi connectivity index (χ3v) is 5.90. The van der Waals surface area contributed by atoms with E-state index in [4.69, 9.17) is 10.5 Å². The number of aromatic amines is 1. The van der Waals surface area contributed by atoms with Crippen molar-refractivity contribution in [2.45, 2.75) is 6.54 Å². The number of carbonyl (C=O) groups excluding carboxylic acids is 3. The van der Waals surface area contributed by atoms with Gasteiger partial charge in [-0.05, 0) is 11.6 Å². The number of fused-ring (bicyclic) bond motifs is 1. The molecule has 1 aliphatic heterocycles. The lowest BCUT2D eigenvalue weighted by molar-refractivity contribution is -0.135. The molecule has 0 spiro atoms. The Bertz CT molecular complexity index is 1200. The summed E-state index contributed by atoms with van der Waals surface area (Å²) in [7, 11) is 2.60. The summed E-state index contributed by atoms with van der Waals surface area (Å²) < 4.78 is 9.98. The molecule has 1 aliphatic rings. The van der Waals surface area contributed by atoms with Crippen molar-refractivity contribution in [2.24, 2.45) is 5.73 Å². The first-order chi connectivity index (χ1) is 15.9. The molecule has 3 aromatic rings. The van der Waals surface area contributed by atoms with E-state index in [1.807, 2.05) is 23.1 Å². The summed E-state index contributed by atoms with van der Waals surface area (Å²) in [5, 5.41) is 0.418. The van der Waals surface area contributed by atoms with Crippen LogP contribution in [-0.4, -0.2) is 67.9 Å². The molecule has 3 N–H and O–H groups in total. The second-order valence-electron chi connectivity index (χ2n) is 7.88. The number of primary amides is 1. The van der Waals surface area contributed by atoms with E-state index < -0.39 is 17.7 Å². The number of rotatable bonds is 7. The van der Waals surface area contributed by atoms with Gasteiger partial charge in [-0.25, -0.2) is 4.79 Å². The Balaban J connectivity index is 1.68. The molecule has 1 aromatic heterocycles. The molecule has 0 bridgehead atoms. The molecule has 0 radical (unpaired) electrons. The fourth-order valence-corrected chi connectivity index (χ4v) is 4.20. The second-order valence-corrected chi connectivity index (χ2v) is 7.88. The number of hydrogen-bond acceptors (Lipinski definition) is 7. The van der Waals surface area contributed by atoms with Gasteiger partial charge >= 0.3 is 5.97 Å². The molecular formula is C24H26N4O5. The van der Waals surface area contributed by atoms with Crippen LogP contribution in [0.1, 0.15) is 26.3 Å². The van der Waals surface area contributed by atoms with Crippen LogP contribution in [0.15, 0.2) is 42.5 Å². The van der Waals surface area contributed by atoms with Crippen molar-refractivity contribution in [3.05, 3.63) is 59.2 Å². The predicted octanol–water partition coefficient (Wildman–Crippen LogP) is 1.95. The van der Waals surface area contributed by atoms with Crippen molar-refractivity contribution < 1.29 is 23.9 Å². The first-order valence-corrected chi connectivity index (χ1v) is 10.6. The van der Waals surface area contributed by atoms with Gasteiger partial charge in [0.05, 0.1) is 30.9 Å². The number of nitrogens with one attached hydrogen (secondary N) is 1. The fraction of sp³-hybridized carbons (Fsp3) is 0.292. The van der Waals surface area contributed by atoms with Crippen molar-refractivity contribution in [1.29, 1.82) is 0 Å². The lowest BCUT2D eigenvalue weighted by atomic mass is 10.0. The highest BCUT2D eigenvalue weighted by Crippen LogP contribution is 2.34. The number of nitrogens with zero attached hydrogens (tertiary/aromatic N) is 2. The molecule has 1 fully saturated rings. The Hall–Kier alpha value is -3.85. The van der Waals surface area contributed by atoms with Crippen LogP contribution in [0.3, 0.4) is 0 Å². The van der Waals surface area contributed by atoms with E-state index in [1.165, 1.54) is 18.7 Å². The monoisotopic (exact) mass is 450 g/mol. The number of carbonyl (C=O) groups is 3. The maximum atomic E-state index is 13.0. The highest BCUT2D eigenvalue weighted by molar-refractivity contribution is 6.44. The van der Waals surface area contributed by atoms with E-state index in [2.05, 4.69) is 26.8 Å². The minimum absolute atomic E-state index is 0.127. The maximum absolute atomic E-state index is 13.0. The number of amides is 1. The third-order valence-electron chi connectivity index (χ3n) is 5.90. The third kappa shape index (κ3) is 4.40. The molecule has 0 saturated carbocycles. The number of hydrogen-bond donors (Lipinski definition) is 2. The van der Waals surface area contributed by atoms with Gasteiger partial charge in [-0.2, -0.15) is 0 Å². The number of Topliss-reactive ketones (excluding diaryl/α,β-unsaturated/α-hetero) is 1. The number of ketones is 1. The van der Waals surface area contributed by atoms with Gasteiger partial charge in [-0.15, -0.1) is 0 Å². The highest BCUT2D eigenvalue weighted by Gasteiger charge is 2.30. The van der Waals surface area contributed by atoms with Crippen molar-refractivity contribution in [3.63, 3.8) is 0 Å². The van der Waals surface area contributed by atoms with Crippen LogP contribution in [0.25, 0.3) is 10.9 Å². The van der Waals surface area contributed by atoms with Gasteiger partial charge < -0.3 is 25.1 Å². The number of nitrogens with two attached hydrogens (primary N) is 1. The van der Waals surface area contributed by atoms with Crippen LogP contribution >= 0.6 is 0 Å². The standard InChI is InChI=1S/C24H26N4O5/c1-32-19-13-18-16(12-17(19)22(25)30)20(21(29)24(31)33-2)23(26-18)28-10-8-27(9-11-28)14-15-6-4-3-5-7-15/h3-7,12-13,26H,8-11,14H2,1-2H3,(H2,25,30). The van der Waals surface area contributed by atoms with E-state index in [0.717, 1.165) is 26.7 Å². The smallest absolute Gasteiger partial charge is 0.379 e. The van der Waals surface area contributed by atoms with E-state index in [0.29, 0.717) is 29.8 Å². The zero-order valence-corrected chi connectivity index (χ0v) is 18.6. The number of aromatic nitrogens is 1. The van der Waals surface area contributed by atoms with Crippen molar-refractivity contribution >= 4 is 34.4 Å². The molecule has 4 rings (SSSR count). The Morgan fingerprint density at radius 3 is 2.33 bits per heavy atom. The van der Waals surface area contributed by atoms with Crippen LogP contribution in [0, 0.1) is 0 Å². The molecule has 2 aromatic carbocycles. The van der Waals surface area contributed by atoms with Gasteiger partial charge in [0.25, 0.3) is 11.7 Å². The lowest BCUT2D eigenvalue weighted by Gasteiger charge is -2.35. The van der Waals surface area contributed by atoms with Crippen molar-refractivity contribution in [3.8, 4) is 5.75 Å². The lowest BCUT2D eigenvalue weighted by Crippen LogP contribution is -2.46. The van der Waals surface area contributed by atoms with E-state index in [-0.39, 0.29) is 16.9 Å². The van der Waals surface area contributed by atoms with Crippen molar-refractivity contribution in [2.75, 3.05) is 45.3 Å². The maximum Gasteiger partial charge on any atom is 0.379 e. The van der Waals surface area contributed by atoms with E-state index in [9.17, 15) is 14.4 Å². The van der Waals surface area contributed by atoms with Gasteiger partial charge in [0.1, 0.15) is 11.6 Å². The van der Waals surface area contributed by atoms with Crippen LogP contribution < -0.4 is 15.4 Å². The number of piperazine rings is 1. The number of esters is 1. The zero-order valence-electron chi connectivity index (χ0n) is 18.6. The molecule has 0 atom stereocenters. The quantitative estimate of drug-likeness (QED) is 0.321. The minimum atomic E-state index is -0.976. The molecule has 9 nitrogen and oxygen atoms in total. The summed E-state index contributed by atoms with van der Waals surface area (Å²) in [5.74, 6) is -1.65. The Morgan fingerprint density at radius 2 is 1.73 bits per heavy atom. The van der Waals surface area contributed by atoms with Gasteiger partial charge in [0, 0.05) is 44.2 Å². The summed E-state index contributed by atoms with van der Waals surface area (Å²) in [5.41, 5.74) is 7.59. The highest BCUT2D eigenvalue weighted by atomic mass is 16.5. The summed E-state index contributed by atoms with van der Waals surface area (Å²) in [6.45, 7) is 3.72. The summed E-state index contributed by atoms with van der Waals surface area (Å²) in [6, 6.07) is 13.3. The molecule has 9 heteroatoms. The van der Waals surface area contributed by atoms with E-state index >= 15 is 0 Å². The Kier molecular flexibility index (Phi) is 6.32. The largest absolute Gasteiger partial charge is 0.496 e. The molecule has 0 aliphatic carbocycles. The van der Waals surface area contributed by atoms with Crippen molar-refractivity contribution in [1.82, 2.24) is 9.88 Å². The molecule has 1 saturated heterocycles. The molecule has 172 valence electrons. The SMILES string of the molecule is COC(=O)C(=O)c1c(N2CCN(Cc3ccccc3)CC2)[nH]c2cc(OC)c(C(N)=O)cc12. The van der Waals surface area contributed by atoms with Gasteiger partial charge in [-0.1, -0.05) is 30.3 Å². The average Bonchev–Trinajstić information content (AvgIpc) is 3.21. The number of H-pyrrole nitrogens is 1. The number of methoxy groups -OCH3 is 2. The number of benzene rings is 2. The molecular weight excluding hydrogens is 424 g/mol. The zero-order chi connectivity index (χ0) is 23.5. The molecule has 1 amide bonds. The van der Waals surface area contributed by atoms with Crippen LogP contribution in [0.2, 0.25) is 0 Å². The first kappa shape index (κ1) is 22.3. The van der Waals surface area contributed by atoms with Crippen LogP contribution in [-0.2, 0) is 16.1 Å². The van der Waals surface area contributed by atoms with Gasteiger partial charge in [-0.3, -0.25) is 14.5 Å². The fourth-order valence-electron chi connectivity index (χ4n) is 4.20. The summed E-state index contributed by atoms with van der Waals surface area (Å²) in [6.07, 6.45) is 0. The summed E-state index contributed by atoms with van der Waals surface area (Å²) >= 11 is 0. The van der Waals surface area contributed by atoms with E-state index in [1.54, 1.807) is 6.07 Å². The van der Waals surface area contributed by atoms with Crippen LogP contribution in [0.4, 0.5) is 5.82 Å². The number of anilines is 1. The van der Waals surface area contributed by atoms with Crippen LogP contribution in [0.5, 0.6) is 5.75 Å². The Labute approximate surface area is 191 Å². The van der Waals surface area contributed by atoms with Gasteiger partial charge in [0.2, 0.25) is 0 Å². The minimum Gasteiger partial charge on any atom is -0.496 e. The molecule has 0 unspecified atom stereocenters. The first-order valence-electron chi connectivity index (χ1n) is 10.6.